The normalized spacial score (nSPS) is 19.0. The number of hydrogen-bond donors (Lipinski definition) is 1. The molecule has 0 unspecified atom stereocenters. The van der Waals surface area contributed by atoms with E-state index >= 15 is 0 Å². The minimum Gasteiger partial charge on any atom is -0.333 e. The summed E-state index contributed by atoms with van der Waals surface area (Å²) in [6.45, 7) is 14.8. The number of rotatable bonds is 3. The molecule has 1 heterocycles. The zero-order valence-corrected chi connectivity index (χ0v) is 13.7. The van der Waals surface area contributed by atoms with Crippen LogP contribution in [-0.4, -0.2) is 31.1 Å². The molecule has 0 aliphatic carbocycles. The Morgan fingerprint density at radius 3 is 2.32 bits per heavy atom. The molecular weight excluding hydrogens is 232 g/mol. The largest absolute Gasteiger partial charge is 0.333 e. The van der Waals surface area contributed by atoms with Gasteiger partial charge in [-0.2, -0.15) is 0 Å². The van der Waals surface area contributed by atoms with E-state index in [4.69, 9.17) is 0 Å². The zero-order chi connectivity index (χ0) is 15.1. The second kappa shape index (κ2) is 15.2. The van der Waals surface area contributed by atoms with Crippen LogP contribution in [0.2, 0.25) is 0 Å². The average molecular weight is 266 g/mol. The van der Waals surface area contributed by atoms with E-state index in [-0.39, 0.29) is 0 Å². The maximum atomic E-state index is 4.50. The molecule has 0 saturated carbocycles. The highest BCUT2D eigenvalue weighted by Gasteiger charge is 2.13. The maximum Gasteiger partial charge on any atom is 0.0169 e. The number of allylic oxidation sites excluding steroid dienone is 3. The standard InChI is InChI=1S/C14H23N.C2H6.CH5N/c1-4-14(5-2)15-11-8-6-7-9-13(3)10-12-15;2*1-2/h6-9,14H,3-5,10-12H2,1-2H3;1-2H3;2H2,1H3/b8-6-,9-7-;;. The van der Waals surface area contributed by atoms with Gasteiger partial charge in [0.05, 0.1) is 0 Å². The number of nitrogens with zero attached hydrogens (tertiary/aromatic N) is 1. The highest BCUT2D eigenvalue weighted by Crippen LogP contribution is 2.12. The van der Waals surface area contributed by atoms with E-state index in [1.807, 2.05) is 13.8 Å². The van der Waals surface area contributed by atoms with Gasteiger partial charge < -0.3 is 5.73 Å². The molecule has 0 fully saturated rings. The summed E-state index contributed by atoms with van der Waals surface area (Å²) in [7, 11) is 1.50. The molecule has 0 aromatic rings. The van der Waals surface area contributed by atoms with E-state index in [9.17, 15) is 0 Å². The van der Waals surface area contributed by atoms with Gasteiger partial charge in [0.2, 0.25) is 0 Å². The van der Waals surface area contributed by atoms with E-state index in [0.29, 0.717) is 0 Å². The zero-order valence-electron chi connectivity index (χ0n) is 13.7. The first kappa shape index (κ1) is 20.5. The molecule has 19 heavy (non-hydrogen) atoms. The molecule has 0 bridgehead atoms. The third kappa shape index (κ3) is 9.69. The SMILES string of the molecule is C=C1/C=C\C=C/CN(C(CC)CC)CC1.CC.CN. The summed E-state index contributed by atoms with van der Waals surface area (Å²) in [6.07, 6.45) is 12.2. The van der Waals surface area contributed by atoms with Gasteiger partial charge in [-0.25, -0.2) is 0 Å². The van der Waals surface area contributed by atoms with Gasteiger partial charge in [0, 0.05) is 19.1 Å². The Morgan fingerprint density at radius 2 is 1.79 bits per heavy atom. The van der Waals surface area contributed by atoms with Crippen LogP contribution in [0, 0.1) is 0 Å². The molecule has 2 nitrogen and oxygen atoms in total. The summed E-state index contributed by atoms with van der Waals surface area (Å²) in [5.41, 5.74) is 5.73. The monoisotopic (exact) mass is 266 g/mol. The molecule has 0 saturated heterocycles. The molecule has 1 aliphatic heterocycles. The summed E-state index contributed by atoms with van der Waals surface area (Å²) in [5.74, 6) is 0. The molecule has 2 N–H and O–H groups in total. The molecule has 2 heteroatoms. The molecule has 0 aromatic carbocycles. The Bertz CT molecular complexity index is 250. The van der Waals surface area contributed by atoms with E-state index < -0.39 is 0 Å². The first-order valence-corrected chi connectivity index (χ1v) is 7.60. The van der Waals surface area contributed by atoms with Crippen molar-refractivity contribution in [1.29, 1.82) is 0 Å². The van der Waals surface area contributed by atoms with Crippen molar-refractivity contribution in [3.05, 3.63) is 36.5 Å². The van der Waals surface area contributed by atoms with Crippen LogP contribution in [0.15, 0.2) is 36.5 Å². The molecule has 1 aliphatic rings. The molecule has 0 aromatic heterocycles. The summed E-state index contributed by atoms with van der Waals surface area (Å²) in [5, 5.41) is 0. The van der Waals surface area contributed by atoms with Crippen LogP contribution < -0.4 is 5.73 Å². The molecule has 0 amide bonds. The lowest BCUT2D eigenvalue weighted by molar-refractivity contribution is 0.209. The van der Waals surface area contributed by atoms with Gasteiger partial charge in [-0.1, -0.05) is 64.2 Å². The van der Waals surface area contributed by atoms with Gasteiger partial charge in [0.1, 0.15) is 0 Å². The topological polar surface area (TPSA) is 29.3 Å². The lowest BCUT2D eigenvalue weighted by atomic mass is 10.1. The predicted octanol–water partition coefficient (Wildman–Crippen LogP) is 4.15. The van der Waals surface area contributed by atoms with E-state index in [2.05, 4.69) is 55.4 Å². The number of hydrogen-bond acceptors (Lipinski definition) is 2. The molecule has 0 atom stereocenters. The second-order valence-electron chi connectivity index (χ2n) is 4.16. The van der Waals surface area contributed by atoms with Crippen LogP contribution in [0.3, 0.4) is 0 Å². The van der Waals surface area contributed by atoms with E-state index in [1.54, 1.807) is 0 Å². The van der Waals surface area contributed by atoms with Crippen molar-refractivity contribution in [1.82, 2.24) is 4.90 Å². The van der Waals surface area contributed by atoms with Crippen molar-refractivity contribution >= 4 is 0 Å². The van der Waals surface area contributed by atoms with Gasteiger partial charge >= 0.3 is 0 Å². The summed E-state index contributed by atoms with van der Waals surface area (Å²) < 4.78 is 0. The Morgan fingerprint density at radius 1 is 1.21 bits per heavy atom. The quantitative estimate of drug-likeness (QED) is 0.831. The van der Waals surface area contributed by atoms with Crippen molar-refractivity contribution in [2.75, 3.05) is 20.1 Å². The minimum atomic E-state index is 0.723. The molecule has 0 spiro atoms. The first-order chi connectivity index (χ1) is 9.27. The molecule has 0 radical (unpaired) electrons. The fourth-order valence-electron chi connectivity index (χ4n) is 2.07. The lowest BCUT2D eigenvalue weighted by Crippen LogP contribution is -2.35. The van der Waals surface area contributed by atoms with Gasteiger partial charge in [0.25, 0.3) is 0 Å². The Balaban J connectivity index is 0. The van der Waals surface area contributed by atoms with Gasteiger partial charge in [-0.15, -0.1) is 0 Å². The molecular formula is C17H34N2. The van der Waals surface area contributed by atoms with Crippen molar-refractivity contribution < 1.29 is 0 Å². The minimum absolute atomic E-state index is 0.723. The Labute approximate surface area is 121 Å². The highest BCUT2D eigenvalue weighted by atomic mass is 15.1. The second-order valence-corrected chi connectivity index (χ2v) is 4.16. The van der Waals surface area contributed by atoms with Crippen molar-refractivity contribution in [3.63, 3.8) is 0 Å². The van der Waals surface area contributed by atoms with E-state index in [0.717, 1.165) is 25.6 Å². The first-order valence-electron chi connectivity index (χ1n) is 7.60. The smallest absolute Gasteiger partial charge is 0.0169 e. The van der Waals surface area contributed by atoms with Crippen LogP contribution in [-0.2, 0) is 0 Å². The van der Waals surface area contributed by atoms with Crippen LogP contribution in [0.5, 0.6) is 0 Å². The van der Waals surface area contributed by atoms with Crippen LogP contribution >= 0.6 is 0 Å². The van der Waals surface area contributed by atoms with Crippen LogP contribution in [0.25, 0.3) is 0 Å². The van der Waals surface area contributed by atoms with Crippen LogP contribution in [0.1, 0.15) is 47.0 Å². The fraction of sp³-hybridized carbons (Fsp3) is 0.647. The van der Waals surface area contributed by atoms with Crippen molar-refractivity contribution in [3.8, 4) is 0 Å². The third-order valence-electron chi connectivity index (χ3n) is 3.10. The summed E-state index contributed by atoms with van der Waals surface area (Å²) >= 11 is 0. The molecule has 1 rings (SSSR count). The van der Waals surface area contributed by atoms with Crippen molar-refractivity contribution in [2.45, 2.75) is 53.0 Å². The van der Waals surface area contributed by atoms with Gasteiger partial charge in [0.15, 0.2) is 0 Å². The van der Waals surface area contributed by atoms with Gasteiger partial charge in [-0.3, -0.25) is 4.90 Å². The Kier molecular flexibility index (Phi) is 16.4. The molecule has 112 valence electrons. The summed E-state index contributed by atoms with van der Waals surface area (Å²) in [6, 6.07) is 0.723. The maximum absolute atomic E-state index is 4.50. The van der Waals surface area contributed by atoms with Crippen LogP contribution in [0.4, 0.5) is 0 Å². The summed E-state index contributed by atoms with van der Waals surface area (Å²) in [4.78, 5) is 2.56. The van der Waals surface area contributed by atoms with Crippen molar-refractivity contribution in [2.24, 2.45) is 5.73 Å². The Hall–Kier alpha value is -0.860. The van der Waals surface area contributed by atoms with Gasteiger partial charge in [-0.05, 0) is 26.3 Å². The highest BCUT2D eigenvalue weighted by molar-refractivity contribution is 5.20. The average Bonchev–Trinajstić information content (AvgIpc) is 2.58. The third-order valence-corrected chi connectivity index (χ3v) is 3.10. The predicted molar refractivity (Wildman–Crippen MR) is 89.4 cm³/mol. The lowest BCUT2D eigenvalue weighted by Gasteiger charge is -2.29. The van der Waals surface area contributed by atoms with E-state index in [1.165, 1.54) is 25.5 Å². The number of nitrogens with two attached hydrogens (primary N) is 1. The fourth-order valence-corrected chi connectivity index (χ4v) is 2.07.